The number of amides is 2. The van der Waals surface area contributed by atoms with E-state index >= 15 is 0 Å². The van der Waals surface area contributed by atoms with E-state index in [4.69, 9.17) is 0 Å². The van der Waals surface area contributed by atoms with Gasteiger partial charge in [0.05, 0.1) is 12.3 Å². The van der Waals surface area contributed by atoms with Crippen LogP contribution in [0, 0.1) is 0 Å². The van der Waals surface area contributed by atoms with Gasteiger partial charge >= 0.3 is 0 Å². The number of likely N-dealkylation sites (N-methyl/N-ethyl adjacent to an activating group) is 1. The maximum atomic E-state index is 12.5. The van der Waals surface area contributed by atoms with Crippen molar-refractivity contribution >= 4 is 17.5 Å². The maximum absolute atomic E-state index is 12.5. The highest BCUT2D eigenvalue weighted by Crippen LogP contribution is 2.15. The van der Waals surface area contributed by atoms with Crippen LogP contribution in [-0.2, 0) is 16.0 Å². The van der Waals surface area contributed by atoms with Gasteiger partial charge in [-0.25, -0.2) is 5.01 Å². The lowest BCUT2D eigenvalue weighted by molar-refractivity contribution is -0.133. The van der Waals surface area contributed by atoms with Gasteiger partial charge in [-0.05, 0) is 30.6 Å². The molecule has 0 aliphatic carbocycles. The average Bonchev–Trinajstić information content (AvgIpc) is 3.33. The summed E-state index contributed by atoms with van der Waals surface area (Å²) in [6.07, 6.45) is 1.98. The van der Waals surface area contributed by atoms with Gasteiger partial charge in [0.1, 0.15) is 0 Å². The zero-order valence-electron chi connectivity index (χ0n) is 19.2. The Labute approximate surface area is 191 Å². The Morgan fingerprint density at radius 2 is 1.66 bits per heavy atom. The molecule has 32 heavy (non-hydrogen) atoms. The van der Waals surface area contributed by atoms with Crippen molar-refractivity contribution < 1.29 is 9.59 Å². The molecule has 1 aliphatic rings. The van der Waals surface area contributed by atoms with Crippen molar-refractivity contribution in [2.24, 2.45) is 5.10 Å². The lowest BCUT2D eigenvalue weighted by atomic mass is 10.0. The Bertz CT molecular complexity index is 895. The van der Waals surface area contributed by atoms with E-state index in [1.165, 1.54) is 10.6 Å². The molecule has 0 spiro atoms. The van der Waals surface area contributed by atoms with E-state index < -0.39 is 0 Å². The van der Waals surface area contributed by atoms with Crippen molar-refractivity contribution in [1.29, 1.82) is 0 Å². The van der Waals surface area contributed by atoms with Crippen LogP contribution in [0.2, 0.25) is 0 Å². The highest BCUT2D eigenvalue weighted by Gasteiger charge is 2.22. The topological polar surface area (TPSA) is 65.0 Å². The smallest absolute Gasteiger partial charge is 0.243 e. The van der Waals surface area contributed by atoms with Crippen LogP contribution in [0.4, 0.5) is 0 Å². The minimum Gasteiger partial charge on any atom is -0.355 e. The molecule has 1 atom stereocenters. The summed E-state index contributed by atoms with van der Waals surface area (Å²) in [7, 11) is 0. The molecule has 2 aromatic rings. The van der Waals surface area contributed by atoms with Crippen molar-refractivity contribution in [2.45, 2.75) is 45.6 Å². The largest absolute Gasteiger partial charge is 0.355 e. The number of hydrogen-bond acceptors (Lipinski definition) is 4. The van der Waals surface area contributed by atoms with Crippen LogP contribution in [-0.4, -0.2) is 59.7 Å². The van der Waals surface area contributed by atoms with Gasteiger partial charge < -0.3 is 5.32 Å². The second-order valence-corrected chi connectivity index (χ2v) is 8.05. The molecule has 0 fully saturated rings. The maximum Gasteiger partial charge on any atom is 0.243 e. The van der Waals surface area contributed by atoms with Crippen molar-refractivity contribution in [1.82, 2.24) is 15.2 Å². The summed E-state index contributed by atoms with van der Waals surface area (Å²) >= 11 is 0. The number of nitrogens with one attached hydrogen (secondary N) is 1. The fraction of sp³-hybridized carbons (Fsp3) is 0.423. The summed E-state index contributed by atoms with van der Waals surface area (Å²) in [5.74, 6) is -0.189. The van der Waals surface area contributed by atoms with E-state index in [-0.39, 0.29) is 30.7 Å². The molecule has 0 saturated carbocycles. The van der Waals surface area contributed by atoms with Gasteiger partial charge in [0.25, 0.3) is 0 Å². The standard InChI is InChI=1S/C26H34N4O2/c1-3-29(4-2)23(19-21-11-7-5-8-12-21)20-27-25(31)15-16-26(32)30-18-17-24(28-30)22-13-9-6-10-14-22/h5-14,23H,3-4,15-20H2,1-2H3,(H,27,31). The number of hydrogen-bond donors (Lipinski definition) is 1. The third kappa shape index (κ3) is 6.76. The number of benzene rings is 2. The molecule has 170 valence electrons. The molecule has 2 aromatic carbocycles. The Morgan fingerprint density at radius 3 is 2.31 bits per heavy atom. The van der Waals surface area contributed by atoms with Crippen molar-refractivity contribution in [2.75, 3.05) is 26.2 Å². The summed E-state index contributed by atoms with van der Waals surface area (Å²) in [5, 5.41) is 9.01. The van der Waals surface area contributed by atoms with E-state index in [0.717, 1.165) is 37.2 Å². The van der Waals surface area contributed by atoms with Crippen LogP contribution in [0.3, 0.4) is 0 Å². The first kappa shape index (κ1) is 23.7. The fourth-order valence-electron chi connectivity index (χ4n) is 4.10. The van der Waals surface area contributed by atoms with Crippen LogP contribution in [0.25, 0.3) is 0 Å². The first-order valence-electron chi connectivity index (χ1n) is 11.6. The molecule has 1 N–H and O–H groups in total. The van der Waals surface area contributed by atoms with E-state index in [1.807, 2.05) is 48.5 Å². The van der Waals surface area contributed by atoms with Crippen LogP contribution in [0.5, 0.6) is 0 Å². The van der Waals surface area contributed by atoms with E-state index in [2.05, 4.69) is 41.3 Å². The average molecular weight is 435 g/mol. The fourth-order valence-corrected chi connectivity index (χ4v) is 4.10. The molecule has 0 saturated heterocycles. The predicted octanol–water partition coefficient (Wildman–Crippen LogP) is 3.47. The highest BCUT2D eigenvalue weighted by molar-refractivity contribution is 6.02. The van der Waals surface area contributed by atoms with E-state index in [1.54, 1.807) is 0 Å². The Hall–Kier alpha value is -2.99. The molecule has 6 heteroatoms. The first-order valence-corrected chi connectivity index (χ1v) is 11.6. The predicted molar refractivity (Wildman–Crippen MR) is 128 cm³/mol. The van der Waals surface area contributed by atoms with Gasteiger partial charge in [0.15, 0.2) is 0 Å². The molecule has 0 aromatic heterocycles. The number of rotatable bonds is 11. The Kier molecular flexibility index (Phi) is 8.99. The lowest BCUT2D eigenvalue weighted by Gasteiger charge is -2.30. The van der Waals surface area contributed by atoms with Crippen LogP contribution < -0.4 is 5.32 Å². The second kappa shape index (κ2) is 12.2. The molecule has 1 heterocycles. The van der Waals surface area contributed by atoms with Gasteiger partial charge in [0, 0.05) is 31.8 Å². The molecule has 1 aliphatic heterocycles. The van der Waals surface area contributed by atoms with Crippen LogP contribution in [0.15, 0.2) is 65.8 Å². The van der Waals surface area contributed by atoms with Crippen molar-refractivity contribution in [3.63, 3.8) is 0 Å². The molecular formula is C26H34N4O2. The van der Waals surface area contributed by atoms with Crippen LogP contribution in [0.1, 0.15) is 44.2 Å². The molecule has 0 bridgehead atoms. The van der Waals surface area contributed by atoms with Gasteiger partial charge in [-0.15, -0.1) is 0 Å². The molecular weight excluding hydrogens is 400 g/mol. The monoisotopic (exact) mass is 434 g/mol. The zero-order chi connectivity index (χ0) is 22.8. The third-order valence-corrected chi connectivity index (χ3v) is 5.94. The van der Waals surface area contributed by atoms with E-state index in [0.29, 0.717) is 13.1 Å². The number of carbonyl (C=O) groups excluding carboxylic acids is 2. The Morgan fingerprint density at radius 1 is 1.00 bits per heavy atom. The summed E-state index contributed by atoms with van der Waals surface area (Å²) in [6.45, 7) is 7.29. The molecule has 6 nitrogen and oxygen atoms in total. The number of carbonyl (C=O) groups is 2. The van der Waals surface area contributed by atoms with Crippen molar-refractivity contribution in [3.8, 4) is 0 Å². The first-order chi connectivity index (χ1) is 15.6. The summed E-state index contributed by atoms with van der Waals surface area (Å²) in [4.78, 5) is 27.4. The highest BCUT2D eigenvalue weighted by atomic mass is 16.2. The zero-order valence-corrected chi connectivity index (χ0v) is 19.2. The van der Waals surface area contributed by atoms with Gasteiger partial charge in [-0.1, -0.05) is 74.5 Å². The molecule has 3 rings (SSSR count). The van der Waals surface area contributed by atoms with Crippen LogP contribution >= 0.6 is 0 Å². The van der Waals surface area contributed by atoms with Gasteiger partial charge in [-0.2, -0.15) is 5.10 Å². The third-order valence-electron chi connectivity index (χ3n) is 5.94. The van der Waals surface area contributed by atoms with E-state index in [9.17, 15) is 9.59 Å². The number of hydrazone groups is 1. The minimum absolute atomic E-state index is 0.0879. The van der Waals surface area contributed by atoms with Gasteiger partial charge in [-0.3, -0.25) is 14.5 Å². The summed E-state index contributed by atoms with van der Waals surface area (Å²) in [6, 6.07) is 20.5. The van der Waals surface area contributed by atoms with Gasteiger partial charge in [0.2, 0.25) is 11.8 Å². The summed E-state index contributed by atoms with van der Waals surface area (Å²) in [5.41, 5.74) is 3.22. The normalized spacial score (nSPS) is 14.3. The lowest BCUT2D eigenvalue weighted by Crippen LogP contribution is -2.45. The molecule has 0 radical (unpaired) electrons. The molecule has 2 amide bonds. The van der Waals surface area contributed by atoms with Crippen molar-refractivity contribution in [3.05, 3.63) is 71.8 Å². The Balaban J connectivity index is 1.47. The SMILES string of the molecule is CCN(CC)C(CNC(=O)CCC(=O)N1CCC(c2ccccc2)=N1)Cc1ccccc1. The molecule has 1 unspecified atom stereocenters. The number of nitrogens with zero attached hydrogens (tertiary/aromatic N) is 3. The quantitative estimate of drug-likeness (QED) is 0.589. The minimum atomic E-state index is -0.101. The summed E-state index contributed by atoms with van der Waals surface area (Å²) < 4.78 is 0. The second-order valence-electron chi connectivity index (χ2n) is 8.05.